The van der Waals surface area contributed by atoms with Gasteiger partial charge in [-0.25, -0.2) is 0 Å². The number of hydrogen-bond acceptors (Lipinski definition) is 2. The first-order valence-electron chi connectivity index (χ1n) is 7.91. The molecular weight excluding hydrogens is 222 g/mol. The van der Waals surface area contributed by atoms with Crippen molar-refractivity contribution in [3.8, 4) is 0 Å². The van der Waals surface area contributed by atoms with Crippen LogP contribution in [0.25, 0.3) is 0 Å². The Labute approximate surface area is 115 Å². The third-order valence-electron chi connectivity index (χ3n) is 3.01. The maximum absolute atomic E-state index is 5.63. The van der Waals surface area contributed by atoms with Crippen molar-refractivity contribution in [2.45, 2.75) is 66.2 Å². The van der Waals surface area contributed by atoms with Gasteiger partial charge < -0.3 is 10.1 Å². The van der Waals surface area contributed by atoms with Gasteiger partial charge in [-0.15, -0.1) is 0 Å². The second-order valence-electron chi connectivity index (χ2n) is 6.16. The van der Waals surface area contributed by atoms with Crippen LogP contribution in [0.1, 0.15) is 66.2 Å². The molecule has 0 aromatic heterocycles. The maximum Gasteiger partial charge on any atom is 0.0466 e. The van der Waals surface area contributed by atoms with Gasteiger partial charge in [0.05, 0.1) is 0 Å². The first-order valence-corrected chi connectivity index (χ1v) is 7.91. The Morgan fingerprint density at radius 1 is 0.778 bits per heavy atom. The molecule has 110 valence electrons. The molecule has 0 bridgehead atoms. The van der Waals surface area contributed by atoms with E-state index in [1.165, 1.54) is 45.1 Å². The fourth-order valence-electron chi connectivity index (χ4n) is 1.89. The zero-order valence-electron chi connectivity index (χ0n) is 13.1. The van der Waals surface area contributed by atoms with Crippen LogP contribution < -0.4 is 5.32 Å². The third-order valence-corrected chi connectivity index (χ3v) is 3.01. The van der Waals surface area contributed by atoms with Gasteiger partial charge in [0.2, 0.25) is 0 Å². The standard InChI is InChI=1S/C16H35NO/c1-15(2)10-9-13-18-12-8-6-5-7-11-17-14-16(3)4/h15-17H,5-14H2,1-4H3. The van der Waals surface area contributed by atoms with Crippen LogP contribution in [0, 0.1) is 11.8 Å². The minimum atomic E-state index is 0.768. The van der Waals surface area contributed by atoms with Gasteiger partial charge in [0, 0.05) is 13.2 Å². The van der Waals surface area contributed by atoms with Crippen molar-refractivity contribution in [2.75, 3.05) is 26.3 Å². The van der Waals surface area contributed by atoms with Crippen LogP contribution in [0.4, 0.5) is 0 Å². The molecule has 0 spiro atoms. The number of rotatable bonds is 13. The van der Waals surface area contributed by atoms with Crippen molar-refractivity contribution in [2.24, 2.45) is 11.8 Å². The van der Waals surface area contributed by atoms with Crippen LogP contribution in [0.3, 0.4) is 0 Å². The highest BCUT2D eigenvalue weighted by Crippen LogP contribution is 2.04. The van der Waals surface area contributed by atoms with Crippen molar-refractivity contribution >= 4 is 0 Å². The molecule has 0 amide bonds. The van der Waals surface area contributed by atoms with Gasteiger partial charge in [-0.05, 0) is 50.6 Å². The van der Waals surface area contributed by atoms with Gasteiger partial charge >= 0.3 is 0 Å². The quantitative estimate of drug-likeness (QED) is 0.498. The van der Waals surface area contributed by atoms with Crippen LogP contribution in [-0.4, -0.2) is 26.3 Å². The molecule has 0 radical (unpaired) electrons. The lowest BCUT2D eigenvalue weighted by molar-refractivity contribution is 0.124. The Kier molecular flexibility index (Phi) is 13.3. The summed E-state index contributed by atoms with van der Waals surface area (Å²) in [5.74, 6) is 1.58. The average molecular weight is 257 g/mol. The zero-order valence-corrected chi connectivity index (χ0v) is 13.1. The van der Waals surface area contributed by atoms with Crippen molar-refractivity contribution in [1.29, 1.82) is 0 Å². The summed E-state index contributed by atoms with van der Waals surface area (Å²) >= 11 is 0. The Balaban J connectivity index is 2.95. The molecule has 0 atom stereocenters. The Bertz CT molecular complexity index is 139. The predicted molar refractivity (Wildman–Crippen MR) is 81.1 cm³/mol. The second-order valence-corrected chi connectivity index (χ2v) is 6.16. The summed E-state index contributed by atoms with van der Waals surface area (Å²) in [6.07, 6.45) is 7.69. The van der Waals surface area contributed by atoms with Crippen LogP contribution in [0.15, 0.2) is 0 Å². The molecule has 0 aliphatic rings. The van der Waals surface area contributed by atoms with Crippen LogP contribution >= 0.6 is 0 Å². The van der Waals surface area contributed by atoms with E-state index >= 15 is 0 Å². The summed E-state index contributed by atoms with van der Waals surface area (Å²) in [6.45, 7) is 13.3. The van der Waals surface area contributed by atoms with Gasteiger partial charge in [0.15, 0.2) is 0 Å². The third kappa shape index (κ3) is 15.9. The van der Waals surface area contributed by atoms with E-state index in [0.717, 1.165) is 31.6 Å². The number of ether oxygens (including phenoxy) is 1. The van der Waals surface area contributed by atoms with E-state index in [-0.39, 0.29) is 0 Å². The van der Waals surface area contributed by atoms with Gasteiger partial charge in [-0.2, -0.15) is 0 Å². The monoisotopic (exact) mass is 257 g/mol. The summed E-state index contributed by atoms with van der Waals surface area (Å²) in [5.41, 5.74) is 0. The summed E-state index contributed by atoms with van der Waals surface area (Å²) < 4.78 is 5.63. The molecule has 0 aromatic carbocycles. The van der Waals surface area contributed by atoms with Crippen molar-refractivity contribution in [1.82, 2.24) is 5.32 Å². The van der Waals surface area contributed by atoms with E-state index in [0.29, 0.717) is 0 Å². The van der Waals surface area contributed by atoms with Gasteiger partial charge in [-0.1, -0.05) is 40.5 Å². The van der Waals surface area contributed by atoms with Crippen LogP contribution in [0.2, 0.25) is 0 Å². The lowest BCUT2D eigenvalue weighted by Crippen LogP contribution is -2.20. The highest BCUT2D eigenvalue weighted by molar-refractivity contribution is 4.52. The number of nitrogens with one attached hydrogen (secondary N) is 1. The smallest absolute Gasteiger partial charge is 0.0466 e. The molecule has 1 N–H and O–H groups in total. The normalized spacial score (nSPS) is 11.7. The van der Waals surface area contributed by atoms with E-state index in [4.69, 9.17) is 4.74 Å². The molecule has 0 fully saturated rings. The van der Waals surface area contributed by atoms with Gasteiger partial charge in [0.25, 0.3) is 0 Å². The lowest BCUT2D eigenvalue weighted by Gasteiger charge is -2.07. The van der Waals surface area contributed by atoms with E-state index in [2.05, 4.69) is 33.0 Å². The summed E-state index contributed by atoms with van der Waals surface area (Å²) in [5, 5.41) is 3.48. The summed E-state index contributed by atoms with van der Waals surface area (Å²) in [4.78, 5) is 0. The first-order chi connectivity index (χ1) is 8.63. The topological polar surface area (TPSA) is 21.3 Å². The summed E-state index contributed by atoms with van der Waals surface area (Å²) in [6, 6.07) is 0. The highest BCUT2D eigenvalue weighted by Gasteiger charge is 1.95. The van der Waals surface area contributed by atoms with E-state index < -0.39 is 0 Å². The minimum Gasteiger partial charge on any atom is -0.381 e. The fraction of sp³-hybridized carbons (Fsp3) is 1.00. The molecule has 2 nitrogen and oxygen atoms in total. The largest absolute Gasteiger partial charge is 0.381 e. The lowest BCUT2D eigenvalue weighted by atomic mass is 10.1. The number of hydrogen-bond donors (Lipinski definition) is 1. The zero-order chi connectivity index (χ0) is 13.6. The molecule has 0 unspecified atom stereocenters. The van der Waals surface area contributed by atoms with Gasteiger partial charge in [0.1, 0.15) is 0 Å². The molecule has 0 saturated carbocycles. The van der Waals surface area contributed by atoms with E-state index in [1.807, 2.05) is 0 Å². The SMILES string of the molecule is CC(C)CCCOCCCCCCNCC(C)C. The van der Waals surface area contributed by atoms with Crippen molar-refractivity contribution < 1.29 is 4.74 Å². The predicted octanol–water partition coefficient (Wildman–Crippen LogP) is 4.25. The summed E-state index contributed by atoms with van der Waals surface area (Å²) in [7, 11) is 0. The molecular formula is C16H35NO. The van der Waals surface area contributed by atoms with E-state index in [1.54, 1.807) is 0 Å². The minimum absolute atomic E-state index is 0.768. The molecule has 18 heavy (non-hydrogen) atoms. The Morgan fingerprint density at radius 3 is 2.11 bits per heavy atom. The molecule has 0 rings (SSSR count). The van der Waals surface area contributed by atoms with E-state index in [9.17, 15) is 0 Å². The average Bonchev–Trinajstić information content (AvgIpc) is 2.29. The van der Waals surface area contributed by atoms with Crippen LogP contribution in [-0.2, 0) is 4.74 Å². The molecule has 0 aliphatic carbocycles. The fourth-order valence-corrected chi connectivity index (χ4v) is 1.89. The first kappa shape index (κ1) is 17.9. The maximum atomic E-state index is 5.63. The Hall–Kier alpha value is -0.0800. The van der Waals surface area contributed by atoms with Gasteiger partial charge in [-0.3, -0.25) is 0 Å². The number of unbranched alkanes of at least 4 members (excludes halogenated alkanes) is 3. The van der Waals surface area contributed by atoms with Crippen molar-refractivity contribution in [3.63, 3.8) is 0 Å². The molecule has 0 saturated heterocycles. The van der Waals surface area contributed by atoms with Crippen molar-refractivity contribution in [3.05, 3.63) is 0 Å². The van der Waals surface area contributed by atoms with Crippen LogP contribution in [0.5, 0.6) is 0 Å². The second kappa shape index (κ2) is 13.4. The molecule has 2 heteroatoms. The Morgan fingerprint density at radius 2 is 1.44 bits per heavy atom. The highest BCUT2D eigenvalue weighted by atomic mass is 16.5. The molecule has 0 heterocycles. The molecule has 0 aliphatic heterocycles. The molecule has 0 aromatic rings.